The fourth-order valence-corrected chi connectivity index (χ4v) is 2.31. The Kier molecular flexibility index (Phi) is 4.06. The zero-order chi connectivity index (χ0) is 15.4. The minimum atomic E-state index is -0.276. The number of ether oxygens (including phenoxy) is 1. The van der Waals surface area contributed by atoms with Gasteiger partial charge >= 0.3 is 6.09 Å². The maximum atomic E-state index is 11.6. The molecule has 22 heavy (non-hydrogen) atoms. The van der Waals surface area contributed by atoms with Gasteiger partial charge in [0.2, 0.25) is 0 Å². The second-order valence-electron chi connectivity index (χ2n) is 5.07. The number of nitrogens with zero attached hydrogens (tertiary/aromatic N) is 2. The molecule has 1 aliphatic rings. The third-order valence-electron chi connectivity index (χ3n) is 3.60. The minimum absolute atomic E-state index is 0.0915. The van der Waals surface area contributed by atoms with Gasteiger partial charge in [-0.1, -0.05) is 30.0 Å². The standard InChI is InChI=1S/C18H16N2O2/c1-14(20-11-12-22-18(20)21)17-10-9-16(13-19-17)8-7-15-5-3-2-4-6-15/h2-6,9-10,13-14H,11-12H2,1H3. The van der Waals surface area contributed by atoms with Gasteiger partial charge in [0.05, 0.1) is 18.3 Å². The quantitative estimate of drug-likeness (QED) is 0.799. The zero-order valence-electron chi connectivity index (χ0n) is 12.3. The maximum Gasteiger partial charge on any atom is 0.410 e. The van der Waals surface area contributed by atoms with Gasteiger partial charge < -0.3 is 4.74 Å². The SMILES string of the molecule is CC(c1ccc(C#Cc2ccccc2)cn1)N1CCOC1=O. The van der Waals surface area contributed by atoms with Gasteiger partial charge in [-0.15, -0.1) is 0 Å². The van der Waals surface area contributed by atoms with Crippen LogP contribution in [0.2, 0.25) is 0 Å². The molecule has 1 unspecified atom stereocenters. The number of rotatable bonds is 2. The lowest BCUT2D eigenvalue weighted by molar-refractivity contribution is 0.149. The number of carbonyl (C=O) groups is 1. The zero-order valence-corrected chi connectivity index (χ0v) is 12.3. The first-order valence-electron chi connectivity index (χ1n) is 7.20. The van der Waals surface area contributed by atoms with E-state index in [1.54, 1.807) is 11.1 Å². The molecule has 1 aromatic heterocycles. The summed E-state index contributed by atoms with van der Waals surface area (Å²) in [5.74, 6) is 6.18. The predicted octanol–water partition coefficient (Wildman–Crippen LogP) is 2.99. The van der Waals surface area contributed by atoms with Gasteiger partial charge in [0.1, 0.15) is 6.61 Å². The smallest absolute Gasteiger partial charge is 0.410 e. The number of hydrogen-bond acceptors (Lipinski definition) is 3. The van der Waals surface area contributed by atoms with Crippen LogP contribution in [0.4, 0.5) is 4.79 Å². The van der Waals surface area contributed by atoms with Gasteiger partial charge in [-0.3, -0.25) is 9.88 Å². The van der Waals surface area contributed by atoms with E-state index in [9.17, 15) is 4.79 Å². The fourth-order valence-electron chi connectivity index (χ4n) is 2.31. The molecule has 2 heterocycles. The number of amides is 1. The highest BCUT2D eigenvalue weighted by atomic mass is 16.6. The Morgan fingerprint density at radius 3 is 2.55 bits per heavy atom. The van der Waals surface area contributed by atoms with Crippen molar-refractivity contribution in [2.75, 3.05) is 13.2 Å². The van der Waals surface area contributed by atoms with Crippen molar-refractivity contribution in [3.8, 4) is 11.8 Å². The van der Waals surface area contributed by atoms with Crippen molar-refractivity contribution in [3.63, 3.8) is 0 Å². The number of hydrogen-bond donors (Lipinski definition) is 0. The van der Waals surface area contributed by atoms with E-state index in [0.29, 0.717) is 13.2 Å². The van der Waals surface area contributed by atoms with E-state index in [2.05, 4.69) is 16.8 Å². The predicted molar refractivity (Wildman–Crippen MR) is 83.1 cm³/mol. The lowest BCUT2D eigenvalue weighted by Crippen LogP contribution is -2.28. The number of carbonyl (C=O) groups excluding carboxylic acids is 1. The van der Waals surface area contributed by atoms with Crippen LogP contribution in [0.5, 0.6) is 0 Å². The highest BCUT2D eigenvalue weighted by Gasteiger charge is 2.28. The summed E-state index contributed by atoms with van der Waals surface area (Å²) >= 11 is 0. The molecular weight excluding hydrogens is 276 g/mol. The van der Waals surface area contributed by atoms with Crippen LogP contribution >= 0.6 is 0 Å². The van der Waals surface area contributed by atoms with Crippen molar-refractivity contribution in [2.45, 2.75) is 13.0 Å². The van der Waals surface area contributed by atoms with Gasteiger partial charge in [-0.05, 0) is 31.2 Å². The number of aromatic nitrogens is 1. The normalized spacial score (nSPS) is 15.0. The Bertz CT molecular complexity index is 714. The molecule has 4 nitrogen and oxygen atoms in total. The molecule has 0 spiro atoms. The van der Waals surface area contributed by atoms with Crippen molar-refractivity contribution in [3.05, 3.63) is 65.5 Å². The van der Waals surface area contributed by atoms with E-state index in [-0.39, 0.29) is 12.1 Å². The Morgan fingerprint density at radius 2 is 1.91 bits per heavy atom. The molecule has 0 saturated carbocycles. The third kappa shape index (κ3) is 3.09. The number of cyclic esters (lactones) is 1. The van der Waals surface area contributed by atoms with Crippen molar-refractivity contribution in [1.29, 1.82) is 0 Å². The molecule has 1 aliphatic heterocycles. The monoisotopic (exact) mass is 292 g/mol. The van der Waals surface area contributed by atoms with E-state index < -0.39 is 0 Å². The molecule has 1 fully saturated rings. The van der Waals surface area contributed by atoms with Crippen LogP contribution in [-0.2, 0) is 4.74 Å². The number of pyridine rings is 1. The summed E-state index contributed by atoms with van der Waals surface area (Å²) in [4.78, 5) is 17.7. The molecule has 0 N–H and O–H groups in total. The van der Waals surface area contributed by atoms with E-state index in [0.717, 1.165) is 16.8 Å². The molecule has 1 saturated heterocycles. The summed E-state index contributed by atoms with van der Waals surface area (Å²) in [7, 11) is 0. The summed E-state index contributed by atoms with van der Waals surface area (Å²) in [6.45, 7) is 3.01. The van der Waals surface area contributed by atoms with Gasteiger partial charge in [-0.25, -0.2) is 4.79 Å². The second-order valence-corrected chi connectivity index (χ2v) is 5.07. The molecular formula is C18H16N2O2. The maximum absolute atomic E-state index is 11.6. The highest BCUT2D eigenvalue weighted by molar-refractivity contribution is 5.69. The summed E-state index contributed by atoms with van der Waals surface area (Å²) < 4.78 is 4.96. The first-order chi connectivity index (χ1) is 10.7. The van der Waals surface area contributed by atoms with Gasteiger partial charge in [0.15, 0.2) is 0 Å². The lowest BCUT2D eigenvalue weighted by atomic mass is 10.1. The number of benzene rings is 1. The molecule has 0 radical (unpaired) electrons. The second kappa shape index (κ2) is 6.31. The Balaban J connectivity index is 1.73. The average molecular weight is 292 g/mol. The Hall–Kier alpha value is -2.80. The largest absolute Gasteiger partial charge is 0.448 e. The van der Waals surface area contributed by atoms with Gasteiger partial charge in [0, 0.05) is 17.3 Å². The topological polar surface area (TPSA) is 42.4 Å². The summed E-state index contributed by atoms with van der Waals surface area (Å²) in [5, 5.41) is 0. The van der Waals surface area contributed by atoms with Gasteiger partial charge in [-0.2, -0.15) is 0 Å². The van der Waals surface area contributed by atoms with E-state index in [1.165, 1.54) is 0 Å². The van der Waals surface area contributed by atoms with Crippen LogP contribution in [0.3, 0.4) is 0 Å². The average Bonchev–Trinajstić information content (AvgIpc) is 3.00. The molecule has 4 heteroatoms. The third-order valence-corrected chi connectivity index (χ3v) is 3.60. The van der Waals surface area contributed by atoms with E-state index in [1.807, 2.05) is 49.4 Å². The van der Waals surface area contributed by atoms with Crippen molar-refractivity contribution < 1.29 is 9.53 Å². The van der Waals surface area contributed by atoms with Crippen LogP contribution in [0.1, 0.15) is 29.8 Å². The van der Waals surface area contributed by atoms with Crippen LogP contribution in [0.15, 0.2) is 48.7 Å². The van der Waals surface area contributed by atoms with E-state index in [4.69, 9.17) is 4.74 Å². The molecule has 1 atom stereocenters. The Morgan fingerprint density at radius 1 is 1.14 bits per heavy atom. The van der Waals surface area contributed by atoms with Crippen molar-refractivity contribution in [1.82, 2.24) is 9.88 Å². The summed E-state index contributed by atoms with van der Waals surface area (Å²) in [5.41, 5.74) is 2.66. The highest BCUT2D eigenvalue weighted by Crippen LogP contribution is 2.21. The van der Waals surface area contributed by atoms with Crippen LogP contribution < -0.4 is 0 Å². The molecule has 1 amide bonds. The molecule has 2 aromatic rings. The molecule has 1 aromatic carbocycles. The minimum Gasteiger partial charge on any atom is -0.448 e. The van der Waals surface area contributed by atoms with Gasteiger partial charge in [0.25, 0.3) is 0 Å². The summed E-state index contributed by atoms with van der Waals surface area (Å²) in [6.07, 6.45) is 1.46. The molecule has 0 aliphatic carbocycles. The van der Waals surface area contributed by atoms with Crippen molar-refractivity contribution >= 4 is 6.09 Å². The lowest BCUT2D eigenvalue weighted by Gasteiger charge is -2.20. The Labute approximate surface area is 129 Å². The molecule has 110 valence electrons. The van der Waals surface area contributed by atoms with E-state index >= 15 is 0 Å². The first-order valence-corrected chi connectivity index (χ1v) is 7.20. The summed E-state index contributed by atoms with van der Waals surface area (Å²) in [6, 6.07) is 13.6. The molecule has 0 bridgehead atoms. The van der Waals surface area contributed by atoms with Crippen LogP contribution in [0, 0.1) is 11.8 Å². The van der Waals surface area contributed by atoms with Crippen LogP contribution in [-0.4, -0.2) is 29.1 Å². The van der Waals surface area contributed by atoms with Crippen molar-refractivity contribution in [2.24, 2.45) is 0 Å². The first kappa shape index (κ1) is 14.2. The fraction of sp³-hybridized carbons (Fsp3) is 0.222. The molecule has 3 rings (SSSR count). The van der Waals surface area contributed by atoms with Crippen LogP contribution in [0.25, 0.3) is 0 Å².